The Balaban J connectivity index is 2.02. The quantitative estimate of drug-likeness (QED) is 0.675. The second kappa shape index (κ2) is 7.25. The monoisotopic (exact) mass is 280 g/mol. The Labute approximate surface area is 119 Å². The Bertz CT molecular complexity index is 419. The largest absolute Gasteiger partial charge is 0.395 e. The van der Waals surface area contributed by atoms with Gasteiger partial charge in [0, 0.05) is 39.3 Å². The molecule has 1 saturated heterocycles. The standard InChI is InChI=1S/C13H24N6O/c1-2-3-15-12-11(14)13(17-10-16-12)19-6-4-18(5-7-19)8-9-20/h10,20H,2-9,14H2,1H3,(H,15,16,17). The highest BCUT2D eigenvalue weighted by Gasteiger charge is 2.20. The molecule has 7 heteroatoms. The SMILES string of the molecule is CCCNc1ncnc(N2CCN(CCO)CC2)c1N. The first kappa shape index (κ1) is 14.8. The van der Waals surface area contributed by atoms with Crippen LogP contribution in [0.1, 0.15) is 13.3 Å². The van der Waals surface area contributed by atoms with E-state index in [1.807, 2.05) is 0 Å². The summed E-state index contributed by atoms with van der Waals surface area (Å²) in [7, 11) is 0. The number of nitrogens with one attached hydrogen (secondary N) is 1. The van der Waals surface area contributed by atoms with Crippen molar-refractivity contribution in [3.8, 4) is 0 Å². The molecule has 0 atom stereocenters. The fourth-order valence-corrected chi connectivity index (χ4v) is 2.35. The van der Waals surface area contributed by atoms with E-state index in [0.717, 1.165) is 57.3 Å². The lowest BCUT2D eigenvalue weighted by Gasteiger charge is -2.35. The summed E-state index contributed by atoms with van der Waals surface area (Å²) in [5.74, 6) is 1.52. The summed E-state index contributed by atoms with van der Waals surface area (Å²) in [6.45, 7) is 7.47. The summed E-state index contributed by atoms with van der Waals surface area (Å²) in [6, 6.07) is 0. The molecule has 2 rings (SSSR count). The molecule has 1 aromatic heterocycles. The van der Waals surface area contributed by atoms with Crippen molar-refractivity contribution in [3.63, 3.8) is 0 Å². The van der Waals surface area contributed by atoms with E-state index in [9.17, 15) is 0 Å². The molecule has 0 aliphatic carbocycles. The fraction of sp³-hybridized carbons (Fsp3) is 0.692. The number of aliphatic hydroxyl groups is 1. The number of piperazine rings is 1. The van der Waals surface area contributed by atoms with E-state index < -0.39 is 0 Å². The van der Waals surface area contributed by atoms with Crippen LogP contribution in [0.5, 0.6) is 0 Å². The molecule has 112 valence electrons. The van der Waals surface area contributed by atoms with E-state index in [1.54, 1.807) is 6.33 Å². The Morgan fingerprint density at radius 3 is 2.70 bits per heavy atom. The van der Waals surface area contributed by atoms with Crippen molar-refractivity contribution in [2.75, 3.05) is 61.8 Å². The van der Waals surface area contributed by atoms with Crippen molar-refractivity contribution in [1.82, 2.24) is 14.9 Å². The molecule has 20 heavy (non-hydrogen) atoms. The Morgan fingerprint density at radius 1 is 1.30 bits per heavy atom. The molecular formula is C13H24N6O. The van der Waals surface area contributed by atoms with Crippen molar-refractivity contribution in [3.05, 3.63) is 6.33 Å². The van der Waals surface area contributed by atoms with Gasteiger partial charge in [-0.3, -0.25) is 4.90 Å². The number of hydrogen-bond donors (Lipinski definition) is 3. The third kappa shape index (κ3) is 3.49. The summed E-state index contributed by atoms with van der Waals surface area (Å²) in [5.41, 5.74) is 6.79. The topological polar surface area (TPSA) is 90.5 Å². The van der Waals surface area contributed by atoms with Gasteiger partial charge in [-0.1, -0.05) is 6.92 Å². The van der Waals surface area contributed by atoms with Crippen LogP contribution < -0.4 is 16.0 Å². The predicted molar refractivity (Wildman–Crippen MR) is 81.0 cm³/mol. The van der Waals surface area contributed by atoms with E-state index in [2.05, 4.69) is 32.0 Å². The van der Waals surface area contributed by atoms with Gasteiger partial charge in [0.1, 0.15) is 12.0 Å². The van der Waals surface area contributed by atoms with Crippen molar-refractivity contribution >= 4 is 17.3 Å². The molecule has 1 aliphatic heterocycles. The number of aliphatic hydroxyl groups excluding tert-OH is 1. The average molecular weight is 280 g/mol. The van der Waals surface area contributed by atoms with Crippen LogP contribution in [0.25, 0.3) is 0 Å². The second-order valence-corrected chi connectivity index (χ2v) is 4.94. The third-order valence-electron chi connectivity index (χ3n) is 3.49. The van der Waals surface area contributed by atoms with E-state index >= 15 is 0 Å². The molecule has 0 unspecified atom stereocenters. The number of nitrogens with two attached hydrogens (primary N) is 1. The number of aromatic nitrogens is 2. The van der Waals surface area contributed by atoms with Crippen molar-refractivity contribution in [2.45, 2.75) is 13.3 Å². The van der Waals surface area contributed by atoms with Gasteiger partial charge < -0.3 is 21.1 Å². The molecule has 4 N–H and O–H groups in total. The van der Waals surface area contributed by atoms with Crippen LogP contribution in [-0.4, -0.2) is 65.8 Å². The Hall–Kier alpha value is -1.60. The van der Waals surface area contributed by atoms with Crippen LogP contribution in [-0.2, 0) is 0 Å². The van der Waals surface area contributed by atoms with Crippen LogP contribution >= 0.6 is 0 Å². The number of anilines is 3. The van der Waals surface area contributed by atoms with E-state index in [-0.39, 0.29) is 6.61 Å². The third-order valence-corrected chi connectivity index (χ3v) is 3.49. The van der Waals surface area contributed by atoms with E-state index in [0.29, 0.717) is 5.69 Å². The van der Waals surface area contributed by atoms with Crippen LogP contribution in [0, 0.1) is 0 Å². The summed E-state index contributed by atoms with van der Waals surface area (Å²) < 4.78 is 0. The van der Waals surface area contributed by atoms with Gasteiger partial charge in [-0.25, -0.2) is 9.97 Å². The first-order valence-electron chi connectivity index (χ1n) is 7.18. The zero-order valence-electron chi connectivity index (χ0n) is 12.0. The maximum atomic E-state index is 8.96. The number of rotatable bonds is 6. The minimum Gasteiger partial charge on any atom is -0.395 e. The zero-order chi connectivity index (χ0) is 14.4. The first-order chi connectivity index (χ1) is 9.76. The number of hydrogen-bond acceptors (Lipinski definition) is 7. The highest BCUT2D eigenvalue weighted by molar-refractivity contribution is 5.74. The molecule has 7 nitrogen and oxygen atoms in total. The van der Waals surface area contributed by atoms with Crippen LogP contribution in [0.3, 0.4) is 0 Å². The summed E-state index contributed by atoms with van der Waals surface area (Å²) in [5, 5.41) is 12.2. The van der Waals surface area contributed by atoms with Crippen LogP contribution in [0.2, 0.25) is 0 Å². The van der Waals surface area contributed by atoms with Gasteiger partial charge in [-0.05, 0) is 6.42 Å². The average Bonchev–Trinajstić information content (AvgIpc) is 2.48. The zero-order valence-corrected chi connectivity index (χ0v) is 12.0. The van der Waals surface area contributed by atoms with Crippen molar-refractivity contribution in [2.24, 2.45) is 0 Å². The maximum Gasteiger partial charge on any atom is 0.157 e. The Kier molecular flexibility index (Phi) is 5.37. The molecule has 1 aromatic rings. The van der Waals surface area contributed by atoms with Gasteiger partial charge in [-0.15, -0.1) is 0 Å². The van der Waals surface area contributed by atoms with Crippen molar-refractivity contribution in [1.29, 1.82) is 0 Å². The minimum absolute atomic E-state index is 0.209. The predicted octanol–water partition coefficient (Wildman–Crippen LogP) is -0.00500. The number of nitrogen functional groups attached to an aromatic ring is 1. The number of nitrogens with zero attached hydrogens (tertiary/aromatic N) is 4. The van der Waals surface area contributed by atoms with E-state index in [1.165, 1.54) is 0 Å². The molecule has 0 spiro atoms. The molecule has 0 amide bonds. The maximum absolute atomic E-state index is 8.96. The molecule has 0 radical (unpaired) electrons. The van der Waals surface area contributed by atoms with Gasteiger partial charge in [0.25, 0.3) is 0 Å². The fourth-order valence-electron chi connectivity index (χ4n) is 2.35. The normalized spacial score (nSPS) is 16.4. The molecule has 0 saturated carbocycles. The van der Waals surface area contributed by atoms with Gasteiger partial charge in [-0.2, -0.15) is 0 Å². The number of β-amino-alcohol motifs (C(OH)–C–C–N with tert-alkyl or cyclic N) is 1. The summed E-state index contributed by atoms with van der Waals surface area (Å²) in [6.07, 6.45) is 2.59. The van der Waals surface area contributed by atoms with Crippen molar-refractivity contribution < 1.29 is 5.11 Å². The van der Waals surface area contributed by atoms with Crippen LogP contribution in [0.15, 0.2) is 6.33 Å². The van der Waals surface area contributed by atoms with E-state index in [4.69, 9.17) is 10.8 Å². The highest BCUT2D eigenvalue weighted by Crippen LogP contribution is 2.26. The smallest absolute Gasteiger partial charge is 0.157 e. The van der Waals surface area contributed by atoms with Gasteiger partial charge in [0.2, 0.25) is 0 Å². The molecule has 1 aliphatic rings. The van der Waals surface area contributed by atoms with Gasteiger partial charge in [0.05, 0.1) is 6.61 Å². The van der Waals surface area contributed by atoms with Crippen LogP contribution in [0.4, 0.5) is 17.3 Å². The summed E-state index contributed by atoms with van der Waals surface area (Å²) >= 11 is 0. The second-order valence-electron chi connectivity index (χ2n) is 4.94. The first-order valence-corrected chi connectivity index (χ1v) is 7.18. The lowest BCUT2D eigenvalue weighted by Crippen LogP contribution is -2.47. The Morgan fingerprint density at radius 2 is 2.05 bits per heavy atom. The molecule has 1 fully saturated rings. The lowest BCUT2D eigenvalue weighted by molar-refractivity contribution is 0.188. The summed E-state index contributed by atoms with van der Waals surface area (Å²) in [4.78, 5) is 12.9. The molecule has 0 bridgehead atoms. The van der Waals surface area contributed by atoms with Gasteiger partial charge >= 0.3 is 0 Å². The molecular weight excluding hydrogens is 256 g/mol. The minimum atomic E-state index is 0.209. The highest BCUT2D eigenvalue weighted by atomic mass is 16.3. The van der Waals surface area contributed by atoms with Gasteiger partial charge in [0.15, 0.2) is 11.6 Å². The molecule has 2 heterocycles. The molecule has 0 aromatic carbocycles. The lowest BCUT2D eigenvalue weighted by atomic mass is 10.3.